The number of nitrogens with two attached hydrogens (primary N) is 1. The molecule has 0 spiro atoms. The lowest BCUT2D eigenvalue weighted by Gasteiger charge is -2.12. The summed E-state index contributed by atoms with van der Waals surface area (Å²) in [6, 6.07) is 1.17. The van der Waals surface area contributed by atoms with Crippen molar-refractivity contribution in [3.05, 3.63) is 35.7 Å². The van der Waals surface area contributed by atoms with Crippen molar-refractivity contribution >= 4 is 11.3 Å². The number of benzene rings is 1. The van der Waals surface area contributed by atoms with Gasteiger partial charge in [0.05, 0.1) is 11.3 Å². The highest BCUT2D eigenvalue weighted by molar-refractivity contribution is 5.73. The second-order valence-electron chi connectivity index (χ2n) is 3.20. The molecule has 82 valence electrons. The molecule has 0 saturated heterocycles. The van der Waals surface area contributed by atoms with Crippen molar-refractivity contribution < 1.29 is 17.6 Å². The van der Waals surface area contributed by atoms with E-state index in [1.54, 1.807) is 0 Å². The summed E-state index contributed by atoms with van der Waals surface area (Å²) in [7, 11) is 0. The predicted octanol–water partition coefficient (Wildman–Crippen LogP) is 3.46. The monoisotopic (exact) mass is 219 g/mol. The largest absolute Gasteiger partial charge is 0.416 e. The Balaban J connectivity index is 3.43. The number of hydrogen-bond acceptors (Lipinski definition) is 1. The van der Waals surface area contributed by atoms with E-state index in [0.29, 0.717) is 6.07 Å². The molecule has 0 aliphatic rings. The van der Waals surface area contributed by atoms with E-state index in [-0.39, 0.29) is 16.8 Å². The molecule has 0 saturated carbocycles. The Hall–Kier alpha value is -1.52. The molecule has 1 aromatic rings. The first-order chi connectivity index (χ1) is 6.73. The molecule has 2 N–H and O–H groups in total. The molecule has 0 heterocycles. The standard InChI is InChI=1S/C10H9F4N/c1-5(2)7-3-6(10(12,13)14)4-8(11)9(7)15/h3-4H,1,15H2,2H3. The minimum absolute atomic E-state index is 0.0117. The normalized spacial score (nSPS) is 11.5. The summed E-state index contributed by atoms with van der Waals surface area (Å²) in [5.41, 5.74) is 4.20. The van der Waals surface area contributed by atoms with Crippen LogP contribution in [0, 0.1) is 5.82 Å². The number of rotatable bonds is 1. The van der Waals surface area contributed by atoms with E-state index < -0.39 is 17.6 Å². The molecule has 5 heteroatoms. The Labute approximate surface area is 84.2 Å². The molecule has 0 aliphatic carbocycles. The third kappa shape index (κ3) is 2.29. The van der Waals surface area contributed by atoms with Crippen LogP contribution in [0.2, 0.25) is 0 Å². The first kappa shape index (κ1) is 11.6. The van der Waals surface area contributed by atoms with Crippen LogP contribution in [0.5, 0.6) is 0 Å². The average Bonchev–Trinajstić information content (AvgIpc) is 2.06. The summed E-state index contributed by atoms with van der Waals surface area (Å²) < 4.78 is 50.0. The molecule has 0 aromatic heterocycles. The van der Waals surface area contributed by atoms with E-state index in [2.05, 4.69) is 6.58 Å². The van der Waals surface area contributed by atoms with Gasteiger partial charge in [-0.05, 0) is 24.6 Å². The van der Waals surface area contributed by atoms with Gasteiger partial charge in [0, 0.05) is 5.56 Å². The molecule has 0 amide bonds. The molecule has 0 aliphatic heterocycles. The van der Waals surface area contributed by atoms with Gasteiger partial charge in [0.15, 0.2) is 0 Å². The van der Waals surface area contributed by atoms with E-state index in [4.69, 9.17) is 5.73 Å². The lowest BCUT2D eigenvalue weighted by molar-refractivity contribution is -0.137. The average molecular weight is 219 g/mol. The first-order valence-electron chi connectivity index (χ1n) is 4.05. The van der Waals surface area contributed by atoms with Crippen LogP contribution in [0.3, 0.4) is 0 Å². The third-order valence-corrected chi connectivity index (χ3v) is 1.92. The Morgan fingerprint density at radius 3 is 2.27 bits per heavy atom. The Kier molecular flexibility index (Phi) is 2.75. The second kappa shape index (κ2) is 3.56. The van der Waals surface area contributed by atoms with Crippen LogP contribution in [0.25, 0.3) is 5.57 Å². The molecular weight excluding hydrogens is 210 g/mol. The van der Waals surface area contributed by atoms with Crippen molar-refractivity contribution in [2.45, 2.75) is 13.1 Å². The van der Waals surface area contributed by atoms with Gasteiger partial charge in [-0.3, -0.25) is 0 Å². The minimum Gasteiger partial charge on any atom is -0.396 e. The molecule has 1 nitrogen and oxygen atoms in total. The van der Waals surface area contributed by atoms with Gasteiger partial charge < -0.3 is 5.73 Å². The van der Waals surface area contributed by atoms with Gasteiger partial charge in [0.1, 0.15) is 5.82 Å². The zero-order chi connectivity index (χ0) is 11.8. The fourth-order valence-electron chi connectivity index (χ4n) is 1.13. The second-order valence-corrected chi connectivity index (χ2v) is 3.20. The van der Waals surface area contributed by atoms with Gasteiger partial charge in [-0.1, -0.05) is 6.58 Å². The summed E-state index contributed by atoms with van der Waals surface area (Å²) in [6.45, 7) is 4.90. The van der Waals surface area contributed by atoms with Crippen molar-refractivity contribution in [3.63, 3.8) is 0 Å². The maximum atomic E-state index is 13.1. The zero-order valence-corrected chi connectivity index (χ0v) is 7.95. The quantitative estimate of drug-likeness (QED) is 0.568. The van der Waals surface area contributed by atoms with Crippen LogP contribution < -0.4 is 5.73 Å². The van der Waals surface area contributed by atoms with Gasteiger partial charge in [-0.15, -0.1) is 0 Å². The van der Waals surface area contributed by atoms with Crippen LogP contribution in [0.1, 0.15) is 18.1 Å². The van der Waals surface area contributed by atoms with Crippen molar-refractivity contribution in [1.29, 1.82) is 0 Å². The molecule has 1 aromatic carbocycles. The number of allylic oxidation sites excluding steroid dienone is 1. The van der Waals surface area contributed by atoms with E-state index in [0.717, 1.165) is 6.07 Å². The molecule has 0 atom stereocenters. The number of halogens is 4. The van der Waals surface area contributed by atoms with Crippen molar-refractivity contribution in [2.75, 3.05) is 5.73 Å². The number of alkyl halides is 3. The minimum atomic E-state index is -4.58. The van der Waals surface area contributed by atoms with Crippen molar-refractivity contribution in [3.8, 4) is 0 Å². The fraction of sp³-hybridized carbons (Fsp3) is 0.200. The molecule has 0 radical (unpaired) electrons. The molecule has 0 fully saturated rings. The summed E-state index contributed by atoms with van der Waals surface area (Å²) in [4.78, 5) is 0. The summed E-state index contributed by atoms with van der Waals surface area (Å²) >= 11 is 0. The van der Waals surface area contributed by atoms with Crippen LogP contribution in [0.4, 0.5) is 23.2 Å². The Morgan fingerprint density at radius 2 is 1.87 bits per heavy atom. The van der Waals surface area contributed by atoms with Crippen molar-refractivity contribution in [1.82, 2.24) is 0 Å². The molecule has 1 rings (SSSR count). The van der Waals surface area contributed by atoms with Gasteiger partial charge in [0.2, 0.25) is 0 Å². The van der Waals surface area contributed by atoms with Gasteiger partial charge in [-0.25, -0.2) is 4.39 Å². The zero-order valence-electron chi connectivity index (χ0n) is 7.95. The van der Waals surface area contributed by atoms with Crippen molar-refractivity contribution in [2.24, 2.45) is 0 Å². The summed E-state index contributed by atoms with van der Waals surface area (Å²) in [6.07, 6.45) is -4.58. The maximum Gasteiger partial charge on any atom is 0.416 e. The Bertz CT molecular complexity index is 407. The fourth-order valence-corrected chi connectivity index (χ4v) is 1.13. The molecule has 0 unspecified atom stereocenters. The first-order valence-corrected chi connectivity index (χ1v) is 4.05. The maximum absolute atomic E-state index is 13.1. The van der Waals surface area contributed by atoms with Gasteiger partial charge in [0.25, 0.3) is 0 Å². The van der Waals surface area contributed by atoms with Crippen LogP contribution in [0.15, 0.2) is 18.7 Å². The van der Waals surface area contributed by atoms with Gasteiger partial charge in [-0.2, -0.15) is 13.2 Å². The topological polar surface area (TPSA) is 26.0 Å². The Morgan fingerprint density at radius 1 is 1.33 bits per heavy atom. The van der Waals surface area contributed by atoms with E-state index in [1.807, 2.05) is 0 Å². The molecule has 0 bridgehead atoms. The highest BCUT2D eigenvalue weighted by Gasteiger charge is 2.32. The lowest BCUT2D eigenvalue weighted by atomic mass is 10.0. The SMILES string of the molecule is C=C(C)c1cc(C(F)(F)F)cc(F)c1N. The summed E-state index contributed by atoms with van der Waals surface area (Å²) in [5, 5.41) is 0. The predicted molar refractivity (Wildman–Crippen MR) is 50.5 cm³/mol. The van der Waals surface area contributed by atoms with Crippen LogP contribution >= 0.6 is 0 Å². The molecular formula is C10H9F4N. The highest BCUT2D eigenvalue weighted by Crippen LogP contribution is 2.34. The number of nitrogen functional groups attached to an aromatic ring is 1. The molecule has 15 heavy (non-hydrogen) atoms. The lowest BCUT2D eigenvalue weighted by Crippen LogP contribution is -2.08. The van der Waals surface area contributed by atoms with E-state index in [1.165, 1.54) is 6.92 Å². The third-order valence-electron chi connectivity index (χ3n) is 1.92. The van der Waals surface area contributed by atoms with Crippen LogP contribution in [-0.2, 0) is 6.18 Å². The van der Waals surface area contributed by atoms with Gasteiger partial charge >= 0.3 is 6.18 Å². The number of anilines is 1. The summed E-state index contributed by atoms with van der Waals surface area (Å²) in [5.74, 6) is -1.08. The highest BCUT2D eigenvalue weighted by atomic mass is 19.4. The van der Waals surface area contributed by atoms with E-state index in [9.17, 15) is 17.6 Å². The smallest absolute Gasteiger partial charge is 0.396 e. The number of hydrogen-bond donors (Lipinski definition) is 1. The van der Waals surface area contributed by atoms with E-state index >= 15 is 0 Å². The van der Waals surface area contributed by atoms with Crippen LogP contribution in [-0.4, -0.2) is 0 Å².